The molecule has 0 saturated carbocycles. The lowest BCUT2D eigenvalue weighted by atomic mass is 9.96. The van der Waals surface area contributed by atoms with Gasteiger partial charge in [0.15, 0.2) is 0 Å². The zero-order valence-electron chi connectivity index (χ0n) is 19.8. The number of likely N-dealkylation sites (tertiary alicyclic amines) is 1. The Kier molecular flexibility index (Phi) is 7.18. The van der Waals surface area contributed by atoms with Gasteiger partial charge in [-0.3, -0.25) is 14.5 Å². The summed E-state index contributed by atoms with van der Waals surface area (Å²) in [6.07, 6.45) is 1.66. The van der Waals surface area contributed by atoms with Gasteiger partial charge in [-0.1, -0.05) is 18.2 Å². The number of benzene rings is 2. The maximum Gasteiger partial charge on any atom is 0.308 e. The summed E-state index contributed by atoms with van der Waals surface area (Å²) in [5, 5.41) is 0. The van der Waals surface area contributed by atoms with E-state index in [2.05, 4.69) is 17.0 Å². The number of esters is 1. The highest BCUT2D eigenvalue weighted by Crippen LogP contribution is 2.28. The zero-order valence-corrected chi connectivity index (χ0v) is 19.8. The van der Waals surface area contributed by atoms with Gasteiger partial charge < -0.3 is 19.3 Å². The first-order valence-corrected chi connectivity index (χ1v) is 11.6. The normalized spacial score (nSPS) is 17.0. The number of ether oxygens (including phenoxy) is 2. The van der Waals surface area contributed by atoms with Crippen LogP contribution in [0.3, 0.4) is 0 Å². The number of hydrogen-bond donors (Lipinski definition) is 0. The standard InChI is InChI=1S/C26H33N3O4/c1-27(2)23-7-5-4-6-22(23)25(30)29-14-15-33-24-9-8-19(16-21(24)18-29)17-28-12-10-20(11-13-28)26(31)32-3/h4-9,16,20H,10-15,17-18H2,1-3H3. The Morgan fingerprint density at radius 1 is 1.09 bits per heavy atom. The summed E-state index contributed by atoms with van der Waals surface area (Å²) in [5.41, 5.74) is 3.84. The van der Waals surface area contributed by atoms with E-state index in [1.807, 2.05) is 54.2 Å². The van der Waals surface area contributed by atoms with Crippen molar-refractivity contribution in [1.29, 1.82) is 0 Å². The molecule has 1 amide bonds. The van der Waals surface area contributed by atoms with E-state index in [9.17, 15) is 9.59 Å². The van der Waals surface area contributed by atoms with E-state index in [0.717, 1.165) is 49.5 Å². The molecule has 2 aromatic carbocycles. The molecule has 1 saturated heterocycles. The van der Waals surface area contributed by atoms with Crippen LogP contribution in [0.25, 0.3) is 0 Å². The highest BCUT2D eigenvalue weighted by Gasteiger charge is 2.26. The van der Waals surface area contributed by atoms with Gasteiger partial charge in [-0.25, -0.2) is 0 Å². The van der Waals surface area contributed by atoms with Crippen molar-refractivity contribution >= 4 is 17.6 Å². The summed E-state index contributed by atoms with van der Waals surface area (Å²) in [6, 6.07) is 14.0. The number of methoxy groups -OCH3 is 1. The van der Waals surface area contributed by atoms with E-state index in [1.54, 1.807) is 0 Å². The molecule has 33 heavy (non-hydrogen) atoms. The number of hydrogen-bond acceptors (Lipinski definition) is 6. The molecule has 0 spiro atoms. The van der Waals surface area contributed by atoms with Crippen LogP contribution < -0.4 is 9.64 Å². The minimum absolute atomic E-state index is 0.0105. The summed E-state index contributed by atoms with van der Waals surface area (Å²) in [6.45, 7) is 4.11. The predicted octanol–water partition coefficient (Wildman–Crippen LogP) is 3.17. The van der Waals surface area contributed by atoms with Crippen molar-refractivity contribution in [3.05, 3.63) is 59.2 Å². The molecule has 0 aromatic heterocycles. The second-order valence-electron chi connectivity index (χ2n) is 9.00. The minimum Gasteiger partial charge on any atom is -0.491 e. The summed E-state index contributed by atoms with van der Waals surface area (Å²) in [7, 11) is 5.36. The smallest absolute Gasteiger partial charge is 0.308 e. The third-order valence-corrected chi connectivity index (χ3v) is 6.54. The van der Waals surface area contributed by atoms with Crippen LogP contribution in [0.5, 0.6) is 5.75 Å². The van der Waals surface area contributed by atoms with Crippen molar-refractivity contribution in [2.45, 2.75) is 25.9 Å². The Bertz CT molecular complexity index is 999. The van der Waals surface area contributed by atoms with Crippen molar-refractivity contribution in [2.75, 3.05) is 52.3 Å². The van der Waals surface area contributed by atoms with E-state index in [4.69, 9.17) is 9.47 Å². The lowest BCUT2D eigenvalue weighted by Gasteiger charge is -2.30. The number of para-hydroxylation sites is 1. The van der Waals surface area contributed by atoms with Crippen LogP contribution in [-0.4, -0.2) is 69.1 Å². The molecule has 0 unspecified atom stereocenters. The van der Waals surface area contributed by atoms with Crippen molar-refractivity contribution < 1.29 is 19.1 Å². The number of rotatable bonds is 5. The molecule has 0 atom stereocenters. The highest BCUT2D eigenvalue weighted by molar-refractivity contribution is 5.99. The van der Waals surface area contributed by atoms with E-state index >= 15 is 0 Å². The minimum atomic E-state index is -0.0996. The number of nitrogens with zero attached hydrogens (tertiary/aromatic N) is 3. The third kappa shape index (κ3) is 5.30. The molecular weight excluding hydrogens is 418 g/mol. The molecule has 7 heteroatoms. The Morgan fingerprint density at radius 2 is 1.85 bits per heavy atom. The quantitative estimate of drug-likeness (QED) is 0.651. The molecule has 2 heterocycles. The highest BCUT2D eigenvalue weighted by atomic mass is 16.5. The predicted molar refractivity (Wildman–Crippen MR) is 127 cm³/mol. The Morgan fingerprint density at radius 3 is 2.58 bits per heavy atom. The van der Waals surface area contributed by atoms with Gasteiger partial charge >= 0.3 is 5.97 Å². The number of fused-ring (bicyclic) bond motifs is 1. The van der Waals surface area contributed by atoms with Gasteiger partial charge in [0.1, 0.15) is 12.4 Å². The SMILES string of the molecule is COC(=O)C1CCN(Cc2ccc3c(c2)CN(C(=O)c2ccccc2N(C)C)CCO3)CC1. The van der Waals surface area contributed by atoms with Crippen LogP contribution in [0.15, 0.2) is 42.5 Å². The van der Waals surface area contributed by atoms with Crippen molar-refractivity contribution in [1.82, 2.24) is 9.80 Å². The van der Waals surface area contributed by atoms with Gasteiger partial charge in [0, 0.05) is 38.4 Å². The van der Waals surface area contributed by atoms with Gasteiger partial charge in [0.05, 0.1) is 25.1 Å². The lowest BCUT2D eigenvalue weighted by Crippen LogP contribution is -2.36. The van der Waals surface area contributed by atoms with Crippen molar-refractivity contribution in [3.8, 4) is 5.75 Å². The first kappa shape index (κ1) is 23.1. The Hall–Kier alpha value is -3.06. The first-order valence-electron chi connectivity index (χ1n) is 11.6. The number of carbonyl (C=O) groups excluding carboxylic acids is 2. The molecule has 0 aliphatic carbocycles. The summed E-state index contributed by atoms with van der Waals surface area (Å²) in [5.74, 6) is 0.777. The van der Waals surface area contributed by atoms with E-state index in [0.29, 0.717) is 25.3 Å². The molecule has 0 radical (unpaired) electrons. The maximum absolute atomic E-state index is 13.4. The van der Waals surface area contributed by atoms with E-state index < -0.39 is 0 Å². The van der Waals surface area contributed by atoms with Crippen LogP contribution in [0.2, 0.25) is 0 Å². The van der Waals surface area contributed by atoms with Gasteiger partial charge in [-0.05, 0) is 55.8 Å². The number of piperidine rings is 1. The molecule has 7 nitrogen and oxygen atoms in total. The average molecular weight is 452 g/mol. The van der Waals surface area contributed by atoms with Gasteiger partial charge in [0.25, 0.3) is 5.91 Å². The topological polar surface area (TPSA) is 62.3 Å². The maximum atomic E-state index is 13.4. The van der Waals surface area contributed by atoms with Crippen molar-refractivity contribution in [2.24, 2.45) is 5.92 Å². The largest absolute Gasteiger partial charge is 0.491 e. The van der Waals surface area contributed by atoms with Crippen LogP contribution in [0.1, 0.15) is 34.3 Å². The number of anilines is 1. The summed E-state index contributed by atoms with van der Waals surface area (Å²) in [4.78, 5) is 31.4. The first-order chi connectivity index (χ1) is 16.0. The monoisotopic (exact) mass is 451 g/mol. The molecule has 0 N–H and O–H groups in total. The molecule has 1 fully saturated rings. The lowest BCUT2D eigenvalue weighted by molar-refractivity contribution is -0.147. The Labute approximate surface area is 195 Å². The van der Waals surface area contributed by atoms with Crippen LogP contribution in [0, 0.1) is 5.92 Å². The molecule has 4 rings (SSSR count). The zero-order chi connectivity index (χ0) is 23.4. The Balaban J connectivity index is 1.46. The fourth-order valence-electron chi connectivity index (χ4n) is 4.69. The molecule has 0 bridgehead atoms. The molecule has 2 aliphatic rings. The van der Waals surface area contributed by atoms with Crippen molar-refractivity contribution in [3.63, 3.8) is 0 Å². The molecule has 2 aliphatic heterocycles. The third-order valence-electron chi connectivity index (χ3n) is 6.54. The average Bonchev–Trinajstić information content (AvgIpc) is 3.05. The van der Waals surface area contributed by atoms with Gasteiger partial charge in [-0.15, -0.1) is 0 Å². The molecule has 2 aromatic rings. The second-order valence-corrected chi connectivity index (χ2v) is 9.00. The fourth-order valence-corrected chi connectivity index (χ4v) is 4.69. The van der Waals surface area contributed by atoms with Gasteiger partial charge in [-0.2, -0.15) is 0 Å². The van der Waals surface area contributed by atoms with Gasteiger partial charge in [0.2, 0.25) is 0 Å². The summed E-state index contributed by atoms with van der Waals surface area (Å²) < 4.78 is 10.9. The summed E-state index contributed by atoms with van der Waals surface area (Å²) >= 11 is 0. The van der Waals surface area contributed by atoms with E-state index in [1.165, 1.54) is 12.7 Å². The van der Waals surface area contributed by atoms with E-state index in [-0.39, 0.29) is 17.8 Å². The van der Waals surface area contributed by atoms with Crippen LogP contribution in [-0.2, 0) is 22.6 Å². The molecular formula is C26H33N3O4. The number of carbonyl (C=O) groups is 2. The second kappa shape index (κ2) is 10.3. The number of amides is 1. The fraction of sp³-hybridized carbons (Fsp3) is 0.462. The molecule has 176 valence electrons. The van der Waals surface area contributed by atoms with Crippen LogP contribution >= 0.6 is 0 Å². The van der Waals surface area contributed by atoms with Crippen LogP contribution in [0.4, 0.5) is 5.69 Å².